The molecule has 0 radical (unpaired) electrons. The van der Waals surface area contributed by atoms with E-state index in [0.717, 1.165) is 10.0 Å². The summed E-state index contributed by atoms with van der Waals surface area (Å²) in [6.45, 7) is 0.263. The first-order valence-electron chi connectivity index (χ1n) is 3.77. The predicted octanol–water partition coefficient (Wildman–Crippen LogP) is 2.78. The molecule has 0 heterocycles. The summed E-state index contributed by atoms with van der Waals surface area (Å²) in [7, 11) is 1.54. The van der Waals surface area contributed by atoms with Crippen molar-refractivity contribution in [3.63, 3.8) is 0 Å². The summed E-state index contributed by atoms with van der Waals surface area (Å²) in [6.07, 6.45) is -0.641. The number of aliphatic hydroxyl groups excluding tert-OH is 1. The van der Waals surface area contributed by atoms with E-state index in [2.05, 4.69) is 15.9 Å². The molecule has 72 valence electrons. The Kier molecular flexibility index (Phi) is 4.19. The molecule has 0 bridgehead atoms. The van der Waals surface area contributed by atoms with Crippen molar-refractivity contribution in [2.24, 2.45) is 0 Å². The van der Waals surface area contributed by atoms with Gasteiger partial charge in [0.2, 0.25) is 0 Å². The molecule has 1 N–H and O–H groups in total. The second kappa shape index (κ2) is 4.96. The van der Waals surface area contributed by atoms with E-state index in [-0.39, 0.29) is 6.61 Å². The maximum absolute atomic E-state index is 9.61. The molecule has 0 aliphatic heterocycles. The molecule has 2 nitrogen and oxygen atoms in total. The lowest BCUT2D eigenvalue weighted by Gasteiger charge is -2.11. The monoisotopic (exact) mass is 264 g/mol. The first kappa shape index (κ1) is 11.0. The Morgan fingerprint density at radius 1 is 1.62 bits per heavy atom. The van der Waals surface area contributed by atoms with E-state index >= 15 is 0 Å². The van der Waals surface area contributed by atoms with Crippen LogP contribution in [0.25, 0.3) is 0 Å². The fourth-order valence-corrected chi connectivity index (χ4v) is 1.71. The fraction of sp³-hybridized carbons (Fsp3) is 0.333. The molecule has 1 aromatic carbocycles. The average Bonchev–Trinajstić information content (AvgIpc) is 2.09. The van der Waals surface area contributed by atoms with E-state index in [9.17, 15) is 5.11 Å². The van der Waals surface area contributed by atoms with Crippen molar-refractivity contribution in [3.8, 4) is 0 Å². The number of hydrogen-bond acceptors (Lipinski definition) is 2. The minimum atomic E-state index is -0.641. The number of hydrogen-bond donors (Lipinski definition) is 1. The van der Waals surface area contributed by atoms with Crippen LogP contribution in [0, 0.1) is 0 Å². The third-order valence-electron chi connectivity index (χ3n) is 1.64. The number of halogens is 2. The van der Waals surface area contributed by atoms with E-state index < -0.39 is 6.10 Å². The second-order valence-electron chi connectivity index (χ2n) is 2.64. The van der Waals surface area contributed by atoms with Crippen LogP contribution in [0.1, 0.15) is 11.7 Å². The van der Waals surface area contributed by atoms with Crippen molar-refractivity contribution in [2.75, 3.05) is 13.7 Å². The average molecular weight is 266 g/mol. The number of benzene rings is 1. The Hall–Kier alpha value is -0.0900. The van der Waals surface area contributed by atoms with Gasteiger partial charge in [-0.2, -0.15) is 0 Å². The van der Waals surface area contributed by atoms with E-state index in [0.29, 0.717) is 5.02 Å². The van der Waals surface area contributed by atoms with Gasteiger partial charge in [-0.25, -0.2) is 0 Å². The van der Waals surface area contributed by atoms with E-state index in [1.165, 1.54) is 0 Å². The molecule has 0 aliphatic rings. The van der Waals surface area contributed by atoms with Crippen molar-refractivity contribution in [3.05, 3.63) is 33.3 Å². The van der Waals surface area contributed by atoms with Crippen LogP contribution in [0.5, 0.6) is 0 Å². The minimum Gasteiger partial charge on any atom is -0.386 e. The van der Waals surface area contributed by atoms with Crippen molar-refractivity contribution in [1.29, 1.82) is 0 Å². The molecule has 0 aliphatic carbocycles. The Balaban J connectivity index is 2.91. The zero-order valence-electron chi connectivity index (χ0n) is 7.13. The topological polar surface area (TPSA) is 29.5 Å². The Labute approximate surface area is 90.6 Å². The summed E-state index contributed by atoms with van der Waals surface area (Å²) in [5, 5.41) is 10.2. The van der Waals surface area contributed by atoms with Crippen LogP contribution in [-0.2, 0) is 4.74 Å². The van der Waals surface area contributed by atoms with Gasteiger partial charge in [-0.05, 0) is 23.8 Å². The van der Waals surface area contributed by atoms with Gasteiger partial charge in [0.15, 0.2) is 0 Å². The summed E-state index contributed by atoms with van der Waals surface area (Å²) in [6, 6.07) is 5.28. The quantitative estimate of drug-likeness (QED) is 0.911. The SMILES string of the molecule is COCC(O)c1cc(Cl)ccc1Br. The fourth-order valence-electron chi connectivity index (χ4n) is 1.02. The van der Waals surface area contributed by atoms with Gasteiger partial charge in [-0.15, -0.1) is 0 Å². The smallest absolute Gasteiger partial charge is 0.103 e. The Morgan fingerprint density at radius 2 is 2.31 bits per heavy atom. The summed E-state index contributed by atoms with van der Waals surface area (Å²) < 4.78 is 5.67. The van der Waals surface area contributed by atoms with E-state index in [1.54, 1.807) is 25.3 Å². The first-order valence-corrected chi connectivity index (χ1v) is 4.94. The third kappa shape index (κ3) is 2.95. The molecule has 4 heteroatoms. The summed E-state index contributed by atoms with van der Waals surface area (Å²) in [4.78, 5) is 0. The van der Waals surface area contributed by atoms with Crippen LogP contribution in [0.2, 0.25) is 5.02 Å². The highest BCUT2D eigenvalue weighted by atomic mass is 79.9. The lowest BCUT2D eigenvalue weighted by atomic mass is 10.1. The molecule has 0 saturated carbocycles. The van der Waals surface area contributed by atoms with Crippen molar-refractivity contribution < 1.29 is 9.84 Å². The largest absolute Gasteiger partial charge is 0.386 e. The molecule has 1 atom stereocenters. The standard InChI is InChI=1S/C9H10BrClO2/c1-13-5-9(12)7-4-6(11)2-3-8(7)10/h2-4,9,12H,5H2,1H3. The molecule has 1 rings (SSSR count). The zero-order chi connectivity index (χ0) is 9.84. The van der Waals surface area contributed by atoms with Crippen molar-refractivity contribution in [2.45, 2.75) is 6.10 Å². The van der Waals surface area contributed by atoms with Gasteiger partial charge in [0, 0.05) is 16.6 Å². The molecule has 1 aromatic rings. The zero-order valence-corrected chi connectivity index (χ0v) is 9.47. The lowest BCUT2D eigenvalue weighted by Crippen LogP contribution is -2.05. The Morgan fingerprint density at radius 3 is 2.92 bits per heavy atom. The van der Waals surface area contributed by atoms with E-state index in [1.807, 2.05) is 0 Å². The van der Waals surface area contributed by atoms with Gasteiger partial charge in [0.1, 0.15) is 6.10 Å². The molecule has 0 spiro atoms. The summed E-state index contributed by atoms with van der Waals surface area (Å²) in [5.74, 6) is 0. The number of methoxy groups -OCH3 is 1. The molecule has 0 aromatic heterocycles. The highest BCUT2D eigenvalue weighted by molar-refractivity contribution is 9.10. The molecule has 0 fully saturated rings. The normalized spacial score (nSPS) is 12.9. The summed E-state index contributed by atoms with van der Waals surface area (Å²) >= 11 is 9.12. The predicted molar refractivity (Wildman–Crippen MR) is 56.0 cm³/mol. The van der Waals surface area contributed by atoms with Crippen molar-refractivity contribution in [1.82, 2.24) is 0 Å². The third-order valence-corrected chi connectivity index (χ3v) is 2.60. The molecular weight excluding hydrogens is 255 g/mol. The van der Waals surface area contributed by atoms with Gasteiger partial charge in [0.05, 0.1) is 6.61 Å². The molecule has 0 amide bonds. The van der Waals surface area contributed by atoms with Gasteiger partial charge in [0.25, 0.3) is 0 Å². The molecule has 13 heavy (non-hydrogen) atoms. The van der Waals surface area contributed by atoms with E-state index in [4.69, 9.17) is 16.3 Å². The van der Waals surface area contributed by atoms with Crippen LogP contribution < -0.4 is 0 Å². The number of aliphatic hydroxyl groups is 1. The van der Waals surface area contributed by atoms with Crippen LogP contribution in [0.3, 0.4) is 0 Å². The van der Waals surface area contributed by atoms with Crippen molar-refractivity contribution >= 4 is 27.5 Å². The molecular formula is C9H10BrClO2. The minimum absolute atomic E-state index is 0.263. The van der Waals surface area contributed by atoms with Crippen LogP contribution in [-0.4, -0.2) is 18.8 Å². The van der Waals surface area contributed by atoms with Gasteiger partial charge in [-0.3, -0.25) is 0 Å². The highest BCUT2D eigenvalue weighted by Crippen LogP contribution is 2.26. The maximum Gasteiger partial charge on any atom is 0.103 e. The highest BCUT2D eigenvalue weighted by Gasteiger charge is 2.10. The number of rotatable bonds is 3. The number of ether oxygens (including phenoxy) is 1. The first-order chi connectivity index (χ1) is 6.15. The van der Waals surface area contributed by atoms with Gasteiger partial charge >= 0.3 is 0 Å². The lowest BCUT2D eigenvalue weighted by molar-refractivity contribution is 0.0640. The molecule has 1 unspecified atom stereocenters. The van der Waals surface area contributed by atoms with Crippen LogP contribution >= 0.6 is 27.5 Å². The Bertz CT molecular complexity index is 291. The maximum atomic E-state index is 9.61. The summed E-state index contributed by atoms with van der Waals surface area (Å²) in [5.41, 5.74) is 0.745. The van der Waals surface area contributed by atoms with Gasteiger partial charge < -0.3 is 9.84 Å². The van der Waals surface area contributed by atoms with Crippen LogP contribution in [0.4, 0.5) is 0 Å². The second-order valence-corrected chi connectivity index (χ2v) is 3.93. The van der Waals surface area contributed by atoms with Crippen LogP contribution in [0.15, 0.2) is 22.7 Å². The van der Waals surface area contributed by atoms with Gasteiger partial charge in [-0.1, -0.05) is 27.5 Å². The molecule has 0 saturated heterocycles.